The van der Waals surface area contributed by atoms with Crippen molar-refractivity contribution in [2.24, 2.45) is 5.92 Å². The van der Waals surface area contributed by atoms with Crippen molar-refractivity contribution in [1.29, 1.82) is 0 Å². The van der Waals surface area contributed by atoms with Gasteiger partial charge in [0, 0.05) is 18.3 Å². The molecular weight excluding hydrogens is 226 g/mol. The van der Waals surface area contributed by atoms with Crippen molar-refractivity contribution in [3.05, 3.63) is 42.2 Å². The summed E-state index contributed by atoms with van der Waals surface area (Å²) in [4.78, 5) is 11.7. The Morgan fingerprint density at radius 3 is 2.72 bits per heavy atom. The molecule has 1 aromatic carbocycles. The van der Waals surface area contributed by atoms with Crippen LogP contribution < -0.4 is 0 Å². The zero-order valence-corrected chi connectivity index (χ0v) is 10.3. The van der Waals surface area contributed by atoms with Crippen LogP contribution in [-0.4, -0.2) is 20.8 Å². The molecule has 18 heavy (non-hydrogen) atoms. The highest BCUT2D eigenvalue weighted by Gasteiger charge is 2.34. The summed E-state index contributed by atoms with van der Waals surface area (Å²) in [5.74, 6) is 0.666. The van der Waals surface area contributed by atoms with Gasteiger partial charge in [-0.15, -0.1) is 5.10 Å². The summed E-state index contributed by atoms with van der Waals surface area (Å²) in [5, 5.41) is 8.15. The Kier molecular flexibility index (Phi) is 2.70. The van der Waals surface area contributed by atoms with Gasteiger partial charge < -0.3 is 0 Å². The first-order valence-corrected chi connectivity index (χ1v) is 6.26. The molecule has 0 N–H and O–H groups in total. The molecule has 1 heterocycles. The molecule has 0 aliphatic heterocycles. The fraction of sp³-hybridized carbons (Fsp3) is 0.357. The number of carbonyl (C=O) groups is 1. The average Bonchev–Trinajstić information content (AvgIpc) is 2.99. The van der Waals surface area contributed by atoms with Crippen LogP contribution in [-0.2, 0) is 4.79 Å². The molecular formula is C14H15N3O. The van der Waals surface area contributed by atoms with Gasteiger partial charge in [0.15, 0.2) is 0 Å². The quantitative estimate of drug-likeness (QED) is 0.810. The van der Waals surface area contributed by atoms with Crippen LogP contribution in [0.15, 0.2) is 36.5 Å². The SMILES string of the molecule is CC1C(=O)CCC1c1cnnn1-c1ccccc1. The maximum atomic E-state index is 11.7. The third-order valence-electron chi connectivity index (χ3n) is 3.77. The van der Waals surface area contributed by atoms with E-state index in [-0.39, 0.29) is 11.8 Å². The zero-order valence-electron chi connectivity index (χ0n) is 10.3. The molecule has 4 heteroatoms. The number of Topliss-reactive ketones (excluding diaryl/α,β-unsaturated/α-hetero) is 1. The summed E-state index contributed by atoms with van der Waals surface area (Å²) >= 11 is 0. The number of rotatable bonds is 2. The predicted molar refractivity (Wildman–Crippen MR) is 67.5 cm³/mol. The summed E-state index contributed by atoms with van der Waals surface area (Å²) in [6.45, 7) is 2.00. The summed E-state index contributed by atoms with van der Waals surface area (Å²) in [7, 11) is 0. The Labute approximate surface area is 106 Å². The molecule has 4 nitrogen and oxygen atoms in total. The van der Waals surface area contributed by atoms with Crippen LogP contribution in [0.3, 0.4) is 0 Å². The van der Waals surface area contributed by atoms with E-state index in [4.69, 9.17) is 0 Å². The fourth-order valence-electron chi connectivity index (χ4n) is 2.67. The molecule has 1 fully saturated rings. The molecule has 0 bridgehead atoms. The van der Waals surface area contributed by atoms with Crippen LogP contribution >= 0.6 is 0 Å². The molecule has 0 radical (unpaired) electrons. The third-order valence-corrected chi connectivity index (χ3v) is 3.77. The summed E-state index contributed by atoms with van der Waals surface area (Å²) < 4.78 is 1.85. The van der Waals surface area contributed by atoms with E-state index >= 15 is 0 Å². The number of hydrogen-bond donors (Lipinski definition) is 0. The second kappa shape index (κ2) is 4.37. The molecule has 2 unspecified atom stereocenters. The van der Waals surface area contributed by atoms with Crippen LogP contribution in [0, 0.1) is 5.92 Å². The number of carbonyl (C=O) groups excluding carboxylic acids is 1. The van der Waals surface area contributed by atoms with Gasteiger partial charge in [-0.05, 0) is 18.6 Å². The lowest BCUT2D eigenvalue weighted by Crippen LogP contribution is -2.13. The van der Waals surface area contributed by atoms with Gasteiger partial charge >= 0.3 is 0 Å². The molecule has 0 saturated heterocycles. The monoisotopic (exact) mass is 241 g/mol. The maximum absolute atomic E-state index is 11.7. The topological polar surface area (TPSA) is 47.8 Å². The van der Waals surface area contributed by atoms with E-state index in [0.717, 1.165) is 17.8 Å². The Balaban J connectivity index is 2.00. The van der Waals surface area contributed by atoms with Gasteiger partial charge in [-0.3, -0.25) is 4.79 Å². The van der Waals surface area contributed by atoms with E-state index in [9.17, 15) is 4.79 Å². The van der Waals surface area contributed by atoms with E-state index in [2.05, 4.69) is 10.3 Å². The molecule has 1 saturated carbocycles. The zero-order chi connectivity index (χ0) is 12.5. The van der Waals surface area contributed by atoms with Gasteiger partial charge in [-0.25, -0.2) is 4.68 Å². The van der Waals surface area contributed by atoms with Crippen molar-refractivity contribution < 1.29 is 4.79 Å². The summed E-state index contributed by atoms with van der Waals surface area (Å²) in [5.41, 5.74) is 2.04. The van der Waals surface area contributed by atoms with Crippen molar-refractivity contribution in [2.75, 3.05) is 0 Å². The molecule has 3 rings (SSSR count). The lowest BCUT2D eigenvalue weighted by atomic mass is 9.94. The lowest BCUT2D eigenvalue weighted by molar-refractivity contribution is -0.120. The van der Waals surface area contributed by atoms with Gasteiger partial charge in [0.25, 0.3) is 0 Å². The van der Waals surface area contributed by atoms with Gasteiger partial charge in [0.05, 0.1) is 17.6 Å². The van der Waals surface area contributed by atoms with E-state index in [1.54, 1.807) is 6.20 Å². The summed E-state index contributed by atoms with van der Waals surface area (Å²) in [6, 6.07) is 9.93. The number of para-hydroxylation sites is 1. The van der Waals surface area contributed by atoms with Crippen molar-refractivity contribution in [1.82, 2.24) is 15.0 Å². The standard InChI is InChI=1S/C14H15N3O/c1-10-12(7-8-14(10)18)13-9-15-16-17(13)11-5-3-2-4-6-11/h2-6,9-10,12H,7-8H2,1H3. The minimum atomic E-state index is 0.0750. The second-order valence-electron chi connectivity index (χ2n) is 4.81. The molecule has 1 aliphatic rings. The van der Waals surface area contributed by atoms with Crippen molar-refractivity contribution >= 4 is 5.78 Å². The maximum Gasteiger partial charge on any atom is 0.136 e. The number of nitrogens with zero attached hydrogens (tertiary/aromatic N) is 3. The highest BCUT2D eigenvalue weighted by Crippen LogP contribution is 2.37. The second-order valence-corrected chi connectivity index (χ2v) is 4.81. The molecule has 1 aliphatic carbocycles. The number of aromatic nitrogens is 3. The highest BCUT2D eigenvalue weighted by molar-refractivity contribution is 5.84. The minimum Gasteiger partial charge on any atom is -0.299 e. The fourth-order valence-corrected chi connectivity index (χ4v) is 2.67. The van der Waals surface area contributed by atoms with Crippen LogP contribution in [0.25, 0.3) is 5.69 Å². The van der Waals surface area contributed by atoms with Gasteiger partial charge in [-0.2, -0.15) is 0 Å². The number of ketones is 1. The molecule has 2 aromatic rings. The Hall–Kier alpha value is -1.97. The molecule has 1 aromatic heterocycles. The largest absolute Gasteiger partial charge is 0.299 e. The van der Waals surface area contributed by atoms with Crippen LogP contribution in [0.5, 0.6) is 0 Å². The van der Waals surface area contributed by atoms with Gasteiger partial charge in [-0.1, -0.05) is 30.3 Å². The Morgan fingerprint density at radius 2 is 2.06 bits per heavy atom. The van der Waals surface area contributed by atoms with E-state index < -0.39 is 0 Å². The molecule has 2 atom stereocenters. The highest BCUT2D eigenvalue weighted by atomic mass is 16.1. The Morgan fingerprint density at radius 1 is 1.28 bits per heavy atom. The van der Waals surface area contributed by atoms with Gasteiger partial charge in [0.2, 0.25) is 0 Å². The predicted octanol–water partition coefficient (Wildman–Crippen LogP) is 2.35. The first-order chi connectivity index (χ1) is 8.77. The smallest absolute Gasteiger partial charge is 0.136 e. The van der Waals surface area contributed by atoms with Crippen LogP contribution in [0.2, 0.25) is 0 Å². The molecule has 0 spiro atoms. The van der Waals surface area contributed by atoms with Crippen LogP contribution in [0.1, 0.15) is 31.4 Å². The van der Waals surface area contributed by atoms with E-state index in [1.165, 1.54) is 0 Å². The van der Waals surface area contributed by atoms with Gasteiger partial charge in [0.1, 0.15) is 5.78 Å². The van der Waals surface area contributed by atoms with Crippen molar-refractivity contribution in [2.45, 2.75) is 25.7 Å². The Bertz CT molecular complexity index is 561. The molecule has 92 valence electrons. The lowest BCUT2D eigenvalue weighted by Gasteiger charge is -2.15. The van der Waals surface area contributed by atoms with E-state index in [1.807, 2.05) is 41.9 Å². The summed E-state index contributed by atoms with van der Waals surface area (Å²) in [6.07, 6.45) is 3.36. The normalized spacial score (nSPS) is 23.5. The average molecular weight is 241 g/mol. The third kappa shape index (κ3) is 1.74. The van der Waals surface area contributed by atoms with Crippen molar-refractivity contribution in [3.63, 3.8) is 0 Å². The first kappa shape index (κ1) is 11.1. The van der Waals surface area contributed by atoms with Crippen molar-refractivity contribution in [3.8, 4) is 5.69 Å². The number of hydrogen-bond acceptors (Lipinski definition) is 3. The van der Waals surface area contributed by atoms with E-state index in [0.29, 0.717) is 12.2 Å². The first-order valence-electron chi connectivity index (χ1n) is 6.26. The minimum absolute atomic E-state index is 0.0750. The number of benzene rings is 1. The van der Waals surface area contributed by atoms with Crippen LogP contribution in [0.4, 0.5) is 0 Å². The molecule has 0 amide bonds.